The van der Waals surface area contributed by atoms with Crippen LogP contribution < -0.4 is 5.73 Å². The highest BCUT2D eigenvalue weighted by Gasteiger charge is 2.57. The predicted octanol–water partition coefficient (Wildman–Crippen LogP) is 5.74. The molecule has 0 aliphatic rings. The lowest BCUT2D eigenvalue weighted by Crippen LogP contribution is -2.63. The topological polar surface area (TPSA) is 53.7 Å². The van der Waals surface area contributed by atoms with Crippen molar-refractivity contribution < 1.29 is 14.2 Å². The van der Waals surface area contributed by atoms with Gasteiger partial charge in [-0.1, -0.05) is 99.7 Å². The second kappa shape index (κ2) is 13.0. The molecule has 0 radical (unpaired) electrons. The van der Waals surface area contributed by atoms with E-state index in [9.17, 15) is 0 Å². The van der Waals surface area contributed by atoms with Gasteiger partial charge >= 0.3 is 0 Å². The van der Waals surface area contributed by atoms with E-state index in [4.69, 9.17) is 19.9 Å². The average Bonchev–Trinajstić information content (AvgIpc) is 2.81. The minimum atomic E-state index is -1.26. The Balaban J connectivity index is 2.47. The maximum Gasteiger partial charge on any atom is 0.290 e. The van der Waals surface area contributed by atoms with E-state index in [1.807, 2.05) is 12.1 Å². The van der Waals surface area contributed by atoms with E-state index in [0.717, 1.165) is 12.8 Å². The van der Waals surface area contributed by atoms with Gasteiger partial charge in [-0.25, -0.2) is 0 Å². The molecular formula is C27H41NO3. The van der Waals surface area contributed by atoms with Crippen molar-refractivity contribution in [2.24, 2.45) is 11.1 Å². The molecule has 31 heavy (non-hydrogen) atoms. The SMILES string of the molecule is CCCCCCCC(N)C(Cc1ccccc1)(Cc1ccccc1)C(OC)(OC)OC. The van der Waals surface area contributed by atoms with Gasteiger partial charge < -0.3 is 19.9 Å². The molecule has 4 nitrogen and oxygen atoms in total. The molecule has 0 amide bonds. The van der Waals surface area contributed by atoms with Gasteiger partial charge in [0, 0.05) is 27.4 Å². The Labute approximate surface area is 189 Å². The number of methoxy groups -OCH3 is 3. The number of hydrogen-bond acceptors (Lipinski definition) is 4. The van der Waals surface area contributed by atoms with Crippen LogP contribution in [0.15, 0.2) is 60.7 Å². The lowest BCUT2D eigenvalue weighted by Gasteiger charge is -2.50. The van der Waals surface area contributed by atoms with E-state index < -0.39 is 11.4 Å². The van der Waals surface area contributed by atoms with Crippen molar-refractivity contribution in [3.63, 3.8) is 0 Å². The third-order valence-corrected chi connectivity index (χ3v) is 6.47. The van der Waals surface area contributed by atoms with Crippen LogP contribution in [0.4, 0.5) is 0 Å². The molecule has 0 aliphatic carbocycles. The number of rotatable bonds is 15. The van der Waals surface area contributed by atoms with E-state index in [1.54, 1.807) is 21.3 Å². The predicted molar refractivity (Wildman–Crippen MR) is 128 cm³/mol. The summed E-state index contributed by atoms with van der Waals surface area (Å²) in [6, 6.07) is 20.7. The Hall–Kier alpha value is -1.72. The number of benzene rings is 2. The monoisotopic (exact) mass is 427 g/mol. The molecule has 0 aliphatic heterocycles. The standard InChI is InChI=1S/C27H41NO3/c1-5-6-7-8-15-20-25(28)26(27(29-2,30-3)31-4,21-23-16-11-9-12-17-23)22-24-18-13-10-14-19-24/h9-14,16-19,25H,5-8,15,20-22,28H2,1-4H3. The first-order valence-electron chi connectivity index (χ1n) is 11.6. The molecule has 1 unspecified atom stereocenters. The fraction of sp³-hybridized carbons (Fsp3) is 0.556. The fourth-order valence-electron chi connectivity index (χ4n) is 4.79. The van der Waals surface area contributed by atoms with Crippen molar-refractivity contribution in [1.29, 1.82) is 0 Å². The van der Waals surface area contributed by atoms with Gasteiger partial charge in [0.2, 0.25) is 0 Å². The molecule has 2 rings (SSSR count). The number of unbranched alkanes of at least 4 members (excludes halogenated alkanes) is 4. The maximum atomic E-state index is 7.04. The van der Waals surface area contributed by atoms with Gasteiger partial charge in [-0.3, -0.25) is 0 Å². The van der Waals surface area contributed by atoms with Crippen molar-refractivity contribution in [3.05, 3.63) is 71.8 Å². The largest absolute Gasteiger partial charge is 0.330 e. The summed E-state index contributed by atoms with van der Waals surface area (Å²) in [6.07, 6.45) is 8.29. The van der Waals surface area contributed by atoms with Gasteiger partial charge in [0.25, 0.3) is 5.97 Å². The minimum Gasteiger partial charge on any atom is -0.330 e. The first kappa shape index (κ1) is 25.5. The lowest BCUT2D eigenvalue weighted by molar-refractivity contribution is -0.411. The summed E-state index contributed by atoms with van der Waals surface area (Å²) in [5, 5.41) is 0. The zero-order valence-corrected chi connectivity index (χ0v) is 19.8. The normalized spacial score (nSPS) is 13.3. The van der Waals surface area contributed by atoms with Crippen LogP contribution in [-0.2, 0) is 27.1 Å². The lowest BCUT2D eigenvalue weighted by atomic mass is 9.67. The third kappa shape index (κ3) is 6.39. The van der Waals surface area contributed by atoms with Gasteiger partial charge in [0.1, 0.15) is 0 Å². The highest BCUT2D eigenvalue weighted by atomic mass is 16.9. The van der Waals surface area contributed by atoms with E-state index >= 15 is 0 Å². The van der Waals surface area contributed by atoms with Crippen molar-refractivity contribution in [3.8, 4) is 0 Å². The third-order valence-electron chi connectivity index (χ3n) is 6.47. The molecule has 0 bridgehead atoms. The summed E-state index contributed by atoms with van der Waals surface area (Å²) in [6.45, 7) is 2.24. The van der Waals surface area contributed by atoms with Crippen LogP contribution >= 0.6 is 0 Å². The summed E-state index contributed by atoms with van der Waals surface area (Å²) in [7, 11) is 4.93. The molecule has 4 heteroatoms. The van der Waals surface area contributed by atoms with Crippen LogP contribution in [0.5, 0.6) is 0 Å². The average molecular weight is 428 g/mol. The zero-order valence-electron chi connectivity index (χ0n) is 19.8. The number of ether oxygens (including phenoxy) is 3. The molecule has 0 saturated carbocycles. The minimum absolute atomic E-state index is 0.172. The van der Waals surface area contributed by atoms with Crippen molar-refractivity contribution >= 4 is 0 Å². The van der Waals surface area contributed by atoms with E-state index in [1.165, 1.54) is 36.8 Å². The van der Waals surface area contributed by atoms with Crippen LogP contribution in [-0.4, -0.2) is 33.3 Å². The molecule has 0 spiro atoms. The summed E-state index contributed by atoms with van der Waals surface area (Å²) in [5.74, 6) is -1.26. The molecule has 2 aromatic rings. The molecule has 0 heterocycles. The van der Waals surface area contributed by atoms with Gasteiger partial charge in [0.15, 0.2) is 0 Å². The Morgan fingerprint density at radius 1 is 0.710 bits per heavy atom. The summed E-state index contributed by atoms with van der Waals surface area (Å²) >= 11 is 0. The van der Waals surface area contributed by atoms with Crippen LogP contribution in [0.3, 0.4) is 0 Å². The van der Waals surface area contributed by atoms with Gasteiger partial charge in [-0.15, -0.1) is 0 Å². The Morgan fingerprint density at radius 3 is 1.58 bits per heavy atom. The highest BCUT2D eigenvalue weighted by Crippen LogP contribution is 2.45. The Morgan fingerprint density at radius 2 is 1.16 bits per heavy atom. The second-order valence-electron chi connectivity index (χ2n) is 8.46. The zero-order chi connectivity index (χ0) is 22.6. The van der Waals surface area contributed by atoms with Gasteiger partial charge in [-0.2, -0.15) is 0 Å². The molecule has 172 valence electrons. The highest BCUT2D eigenvalue weighted by molar-refractivity contribution is 5.23. The number of nitrogens with two attached hydrogens (primary N) is 1. The molecular weight excluding hydrogens is 386 g/mol. The van der Waals surface area contributed by atoms with Crippen molar-refractivity contribution in [2.45, 2.75) is 70.3 Å². The fourth-order valence-corrected chi connectivity index (χ4v) is 4.79. The van der Waals surface area contributed by atoms with Crippen LogP contribution in [0.1, 0.15) is 56.6 Å². The quantitative estimate of drug-likeness (QED) is 0.291. The first-order valence-corrected chi connectivity index (χ1v) is 11.6. The Bertz CT molecular complexity index is 666. The second-order valence-corrected chi connectivity index (χ2v) is 8.46. The van der Waals surface area contributed by atoms with E-state index in [-0.39, 0.29) is 6.04 Å². The summed E-state index contributed by atoms with van der Waals surface area (Å²) in [5.41, 5.74) is 8.80. The van der Waals surface area contributed by atoms with Gasteiger partial charge in [-0.05, 0) is 30.4 Å². The van der Waals surface area contributed by atoms with Crippen LogP contribution in [0.25, 0.3) is 0 Å². The smallest absolute Gasteiger partial charge is 0.290 e. The maximum absolute atomic E-state index is 7.04. The molecule has 1 atom stereocenters. The van der Waals surface area contributed by atoms with E-state index in [2.05, 4.69) is 55.5 Å². The molecule has 0 fully saturated rings. The van der Waals surface area contributed by atoms with Crippen LogP contribution in [0.2, 0.25) is 0 Å². The summed E-state index contributed by atoms with van der Waals surface area (Å²) in [4.78, 5) is 0. The first-order chi connectivity index (χ1) is 15.1. The molecule has 2 N–H and O–H groups in total. The van der Waals surface area contributed by atoms with E-state index in [0.29, 0.717) is 12.8 Å². The molecule has 0 saturated heterocycles. The van der Waals surface area contributed by atoms with Crippen molar-refractivity contribution in [1.82, 2.24) is 0 Å². The number of hydrogen-bond donors (Lipinski definition) is 1. The summed E-state index contributed by atoms with van der Waals surface area (Å²) < 4.78 is 18.0. The Kier molecular flexibility index (Phi) is 10.7. The van der Waals surface area contributed by atoms with Crippen LogP contribution in [0, 0.1) is 5.41 Å². The molecule has 0 aromatic heterocycles. The molecule has 2 aromatic carbocycles. The van der Waals surface area contributed by atoms with Gasteiger partial charge in [0.05, 0.1) is 5.41 Å². The van der Waals surface area contributed by atoms with Crippen molar-refractivity contribution in [2.75, 3.05) is 21.3 Å².